The number of pyridine rings is 1. The Kier molecular flexibility index (Phi) is 7.76. The van der Waals surface area contributed by atoms with E-state index in [1.807, 2.05) is 18.2 Å². The van der Waals surface area contributed by atoms with Crippen LogP contribution in [0.1, 0.15) is 49.3 Å². The van der Waals surface area contributed by atoms with Gasteiger partial charge in [0.25, 0.3) is 5.91 Å². The zero-order valence-electron chi connectivity index (χ0n) is 20.7. The van der Waals surface area contributed by atoms with Crippen LogP contribution >= 0.6 is 0 Å². The number of aliphatic hydroxyl groups is 1. The first-order valence-electron chi connectivity index (χ1n) is 13.0. The molecular formula is C29H32FN3O4. The first-order chi connectivity index (χ1) is 17.9. The van der Waals surface area contributed by atoms with Gasteiger partial charge in [0, 0.05) is 30.8 Å². The Morgan fingerprint density at radius 1 is 1.08 bits per heavy atom. The van der Waals surface area contributed by atoms with Gasteiger partial charge in [-0.15, -0.1) is 0 Å². The molecule has 0 unspecified atom stereocenters. The number of aryl methyl sites for hydroxylation is 1. The van der Waals surface area contributed by atoms with Crippen molar-refractivity contribution in [3.8, 4) is 5.88 Å². The number of benzene rings is 2. The summed E-state index contributed by atoms with van der Waals surface area (Å²) in [4.78, 5) is 32.1. The molecule has 5 rings (SSSR count). The highest BCUT2D eigenvalue weighted by molar-refractivity contribution is 6.36. The number of Topliss-reactive ketones (excluding diaryl/α,β-unsaturated/α-hetero) is 1. The monoisotopic (exact) mass is 505 g/mol. The minimum Gasteiger partial charge on any atom is -0.474 e. The van der Waals surface area contributed by atoms with E-state index in [1.54, 1.807) is 24.4 Å². The van der Waals surface area contributed by atoms with E-state index in [9.17, 15) is 19.1 Å². The molecule has 1 aromatic heterocycles. The van der Waals surface area contributed by atoms with Crippen LogP contribution in [0.15, 0.2) is 54.7 Å². The summed E-state index contributed by atoms with van der Waals surface area (Å²) >= 11 is 0. The van der Waals surface area contributed by atoms with Crippen LogP contribution in [0, 0.1) is 5.82 Å². The molecule has 0 spiro atoms. The molecule has 1 aliphatic heterocycles. The van der Waals surface area contributed by atoms with Crippen LogP contribution in [0.3, 0.4) is 0 Å². The van der Waals surface area contributed by atoms with Crippen LogP contribution in [-0.2, 0) is 16.0 Å². The minimum absolute atomic E-state index is 0.0415. The van der Waals surface area contributed by atoms with E-state index >= 15 is 0 Å². The fourth-order valence-corrected chi connectivity index (χ4v) is 4.73. The highest BCUT2D eigenvalue weighted by atomic mass is 19.1. The Bertz CT molecular complexity index is 1260. The summed E-state index contributed by atoms with van der Waals surface area (Å²) in [5, 5.41) is 15.6. The molecule has 1 saturated carbocycles. The molecule has 1 amide bonds. The zero-order valence-corrected chi connectivity index (χ0v) is 20.7. The van der Waals surface area contributed by atoms with Gasteiger partial charge < -0.3 is 20.1 Å². The summed E-state index contributed by atoms with van der Waals surface area (Å²) in [5.41, 5.74) is 1.46. The molecule has 7 nitrogen and oxygen atoms in total. The van der Waals surface area contributed by atoms with Crippen LogP contribution in [0.25, 0.3) is 10.8 Å². The van der Waals surface area contributed by atoms with Gasteiger partial charge in [0.2, 0.25) is 11.7 Å². The average molecular weight is 506 g/mol. The summed E-state index contributed by atoms with van der Waals surface area (Å²) in [7, 11) is 0. The second-order valence-corrected chi connectivity index (χ2v) is 10.0. The van der Waals surface area contributed by atoms with Crippen LogP contribution in [0.2, 0.25) is 0 Å². The van der Waals surface area contributed by atoms with E-state index in [2.05, 4.69) is 15.2 Å². The molecule has 2 fully saturated rings. The fraction of sp³-hybridized carbons (Fsp3) is 0.414. The van der Waals surface area contributed by atoms with Gasteiger partial charge in [0.15, 0.2) is 0 Å². The van der Waals surface area contributed by atoms with Gasteiger partial charge in [-0.25, -0.2) is 9.37 Å². The number of aromatic nitrogens is 1. The Hall–Kier alpha value is -3.36. The van der Waals surface area contributed by atoms with Crippen molar-refractivity contribution in [3.63, 3.8) is 0 Å². The van der Waals surface area contributed by atoms with E-state index in [0.717, 1.165) is 55.1 Å². The molecule has 2 aliphatic rings. The van der Waals surface area contributed by atoms with Crippen molar-refractivity contribution < 1.29 is 23.8 Å². The van der Waals surface area contributed by atoms with Crippen LogP contribution in [0.5, 0.6) is 5.88 Å². The number of ether oxygens (including phenoxy) is 1. The van der Waals surface area contributed by atoms with Crippen molar-refractivity contribution in [2.45, 2.75) is 56.8 Å². The van der Waals surface area contributed by atoms with Crippen molar-refractivity contribution in [1.29, 1.82) is 0 Å². The number of carbonyl (C=O) groups is 2. The van der Waals surface area contributed by atoms with E-state index in [4.69, 9.17) is 4.74 Å². The molecule has 2 aromatic carbocycles. The molecular weight excluding hydrogens is 473 g/mol. The Morgan fingerprint density at radius 2 is 1.84 bits per heavy atom. The van der Waals surface area contributed by atoms with Gasteiger partial charge in [0.1, 0.15) is 18.0 Å². The van der Waals surface area contributed by atoms with Crippen molar-refractivity contribution in [2.24, 2.45) is 0 Å². The van der Waals surface area contributed by atoms with Gasteiger partial charge in [-0.2, -0.15) is 0 Å². The highest BCUT2D eigenvalue weighted by Gasteiger charge is 2.29. The number of hydrogen-bond acceptors (Lipinski definition) is 6. The molecule has 2 heterocycles. The number of likely N-dealkylation sites (tertiary alicyclic amines) is 1. The third-order valence-corrected chi connectivity index (χ3v) is 7.02. The number of nitrogens with zero attached hydrogens (tertiary/aromatic N) is 2. The topological polar surface area (TPSA) is 91.8 Å². The number of hydrogen-bond donors (Lipinski definition) is 2. The maximum atomic E-state index is 13.4. The normalized spacial score (nSPS) is 17.5. The Morgan fingerprint density at radius 3 is 2.57 bits per heavy atom. The maximum absolute atomic E-state index is 13.4. The SMILES string of the molecule is O=C(CCc1ccc2cc(F)ccc2c1)C(=O)N[C@H](CN1CCCC1)[C@H](O)c1ccc(OC2CC2)nc1. The van der Waals surface area contributed by atoms with E-state index in [0.29, 0.717) is 24.4 Å². The summed E-state index contributed by atoms with van der Waals surface area (Å²) in [6, 6.07) is 13.0. The van der Waals surface area contributed by atoms with Gasteiger partial charge >= 0.3 is 0 Å². The van der Waals surface area contributed by atoms with Crippen molar-refractivity contribution >= 4 is 22.5 Å². The second-order valence-electron chi connectivity index (χ2n) is 10.0. The number of carbonyl (C=O) groups excluding carboxylic acids is 2. The first-order valence-corrected chi connectivity index (χ1v) is 13.0. The van der Waals surface area contributed by atoms with Gasteiger partial charge in [-0.1, -0.05) is 24.3 Å². The quantitative estimate of drug-likeness (QED) is 0.386. The summed E-state index contributed by atoms with van der Waals surface area (Å²) < 4.78 is 19.1. The summed E-state index contributed by atoms with van der Waals surface area (Å²) in [5.74, 6) is -1.01. The molecule has 1 saturated heterocycles. The van der Waals surface area contributed by atoms with Crippen LogP contribution < -0.4 is 10.1 Å². The molecule has 0 radical (unpaired) electrons. The van der Waals surface area contributed by atoms with E-state index < -0.39 is 23.8 Å². The smallest absolute Gasteiger partial charge is 0.287 e. The Balaban J connectivity index is 1.21. The van der Waals surface area contributed by atoms with Crippen LogP contribution in [-0.4, -0.2) is 58.5 Å². The molecule has 1 aliphatic carbocycles. The lowest BCUT2D eigenvalue weighted by Gasteiger charge is -2.28. The third kappa shape index (κ3) is 6.70. The lowest BCUT2D eigenvalue weighted by molar-refractivity contribution is -0.139. The zero-order chi connectivity index (χ0) is 25.8. The maximum Gasteiger partial charge on any atom is 0.287 e. The Labute approximate surface area is 215 Å². The molecule has 8 heteroatoms. The standard InChI is InChI=1S/C29H32FN3O4/c30-23-8-6-20-15-19(3-5-21(20)16-23)4-11-26(34)29(36)32-25(18-33-13-1-2-14-33)28(35)22-7-12-27(31-17-22)37-24-9-10-24/h3,5-8,12,15-17,24-25,28,35H,1-2,4,9-11,13-14,18H2,(H,32,36)/t25-,28-/m1/s1. The largest absolute Gasteiger partial charge is 0.474 e. The molecule has 0 bridgehead atoms. The lowest BCUT2D eigenvalue weighted by Crippen LogP contribution is -2.48. The third-order valence-electron chi connectivity index (χ3n) is 7.02. The second kappa shape index (κ2) is 11.4. The van der Waals surface area contributed by atoms with Crippen molar-refractivity contribution in [1.82, 2.24) is 15.2 Å². The first kappa shape index (κ1) is 25.3. The summed E-state index contributed by atoms with van der Waals surface area (Å²) in [6.07, 6.45) is 5.43. The molecule has 37 heavy (non-hydrogen) atoms. The number of fused-ring (bicyclic) bond motifs is 1. The number of aliphatic hydroxyl groups excluding tert-OH is 1. The predicted molar refractivity (Wildman–Crippen MR) is 138 cm³/mol. The summed E-state index contributed by atoms with van der Waals surface area (Å²) in [6.45, 7) is 2.23. The molecule has 3 aromatic rings. The minimum atomic E-state index is -1.01. The van der Waals surface area contributed by atoms with Gasteiger partial charge in [-0.05, 0) is 79.7 Å². The number of ketones is 1. The lowest BCUT2D eigenvalue weighted by atomic mass is 10.0. The number of amides is 1. The van der Waals surface area contributed by atoms with Crippen LogP contribution in [0.4, 0.5) is 4.39 Å². The molecule has 194 valence electrons. The van der Waals surface area contributed by atoms with E-state index in [-0.39, 0.29) is 18.3 Å². The molecule has 2 atom stereocenters. The average Bonchev–Trinajstić information content (AvgIpc) is 3.57. The van der Waals surface area contributed by atoms with Gasteiger partial charge in [-0.3, -0.25) is 9.59 Å². The number of nitrogens with one attached hydrogen (secondary N) is 1. The number of rotatable bonds is 11. The fourth-order valence-electron chi connectivity index (χ4n) is 4.73. The predicted octanol–water partition coefficient (Wildman–Crippen LogP) is 3.73. The number of halogens is 1. The van der Waals surface area contributed by atoms with Gasteiger partial charge in [0.05, 0.1) is 6.04 Å². The van der Waals surface area contributed by atoms with Crippen molar-refractivity contribution in [3.05, 3.63) is 71.7 Å². The molecule has 2 N–H and O–H groups in total. The van der Waals surface area contributed by atoms with E-state index in [1.165, 1.54) is 12.1 Å². The van der Waals surface area contributed by atoms with Crippen molar-refractivity contribution in [2.75, 3.05) is 19.6 Å². The highest BCUT2D eigenvalue weighted by Crippen LogP contribution is 2.27.